The molecule has 1 N–H and O–H groups in total. The van der Waals surface area contributed by atoms with Gasteiger partial charge in [-0.2, -0.15) is 5.10 Å². The van der Waals surface area contributed by atoms with Crippen LogP contribution in [0.15, 0.2) is 67.3 Å². The summed E-state index contributed by atoms with van der Waals surface area (Å²) in [5.74, 6) is 0. The van der Waals surface area contributed by atoms with Gasteiger partial charge in [-0.05, 0) is 43.2 Å². The van der Waals surface area contributed by atoms with Gasteiger partial charge < -0.3 is 15.1 Å². The highest BCUT2D eigenvalue weighted by atomic mass is 16.2. The summed E-state index contributed by atoms with van der Waals surface area (Å²) >= 11 is 0. The van der Waals surface area contributed by atoms with Gasteiger partial charge in [0.2, 0.25) is 0 Å². The number of benzene rings is 2. The van der Waals surface area contributed by atoms with Crippen LogP contribution in [-0.2, 0) is 0 Å². The number of carbonyl (C=O) groups is 1. The molecule has 152 valence electrons. The van der Waals surface area contributed by atoms with Crippen LogP contribution in [0.2, 0.25) is 0 Å². The van der Waals surface area contributed by atoms with Crippen molar-refractivity contribution in [2.75, 3.05) is 32.1 Å². The Morgan fingerprint density at radius 1 is 1.10 bits per heavy atom. The van der Waals surface area contributed by atoms with Gasteiger partial charge in [-0.3, -0.25) is 0 Å². The molecule has 3 rings (SSSR count). The molecular weight excluding hydrogens is 364 g/mol. The number of nitrogens with one attached hydrogen (secondary N) is 1. The van der Waals surface area contributed by atoms with Crippen molar-refractivity contribution in [1.82, 2.24) is 25.0 Å². The molecule has 1 unspecified atom stereocenters. The van der Waals surface area contributed by atoms with Crippen molar-refractivity contribution < 1.29 is 4.79 Å². The van der Waals surface area contributed by atoms with Crippen molar-refractivity contribution in [1.29, 1.82) is 0 Å². The highest BCUT2D eigenvalue weighted by Crippen LogP contribution is 2.20. The molecule has 1 atom stereocenters. The Morgan fingerprint density at radius 2 is 1.83 bits per heavy atom. The van der Waals surface area contributed by atoms with Crippen molar-refractivity contribution in [2.45, 2.75) is 19.4 Å². The fraction of sp³-hybridized carbons (Fsp3) is 0.318. The SMILES string of the molecule is CC(c1ccc(-n2cncn2)cc1)N(C)C(=O)NCCCN(C)c1ccccc1. The molecule has 3 aromatic rings. The number of rotatable bonds is 8. The van der Waals surface area contributed by atoms with Gasteiger partial charge in [-0.25, -0.2) is 14.5 Å². The zero-order chi connectivity index (χ0) is 20.6. The number of carbonyl (C=O) groups excluding carboxylic acids is 1. The standard InChI is InChI=1S/C22H28N6O/c1-18(19-10-12-21(13-11-19)28-17-23-16-25-28)27(3)22(29)24-14-7-15-26(2)20-8-5-4-6-9-20/h4-6,8-13,16-18H,7,14-15H2,1-3H3,(H,24,29). The maximum Gasteiger partial charge on any atom is 0.317 e. The first kappa shape index (κ1) is 20.4. The van der Waals surface area contributed by atoms with Crippen molar-refractivity contribution in [2.24, 2.45) is 0 Å². The third kappa shape index (κ3) is 5.34. The highest BCUT2D eigenvalue weighted by Gasteiger charge is 2.17. The Morgan fingerprint density at radius 3 is 2.48 bits per heavy atom. The fourth-order valence-corrected chi connectivity index (χ4v) is 3.09. The van der Waals surface area contributed by atoms with E-state index in [1.165, 1.54) is 12.0 Å². The summed E-state index contributed by atoms with van der Waals surface area (Å²) in [6.07, 6.45) is 4.05. The lowest BCUT2D eigenvalue weighted by Crippen LogP contribution is -2.39. The van der Waals surface area contributed by atoms with Crippen LogP contribution < -0.4 is 10.2 Å². The van der Waals surface area contributed by atoms with Crippen LogP contribution in [0.5, 0.6) is 0 Å². The van der Waals surface area contributed by atoms with Crippen LogP contribution in [0.1, 0.15) is 24.9 Å². The first-order valence-corrected chi connectivity index (χ1v) is 9.78. The molecule has 0 bridgehead atoms. The minimum atomic E-state index is -0.0692. The number of nitrogens with zero attached hydrogens (tertiary/aromatic N) is 5. The predicted molar refractivity (Wildman–Crippen MR) is 115 cm³/mol. The van der Waals surface area contributed by atoms with E-state index in [9.17, 15) is 4.79 Å². The molecule has 0 aliphatic carbocycles. The molecule has 0 spiro atoms. The largest absolute Gasteiger partial charge is 0.375 e. The maximum atomic E-state index is 12.5. The van der Waals surface area contributed by atoms with Gasteiger partial charge in [0, 0.05) is 32.9 Å². The smallest absolute Gasteiger partial charge is 0.317 e. The number of aromatic nitrogens is 3. The summed E-state index contributed by atoms with van der Waals surface area (Å²) in [7, 11) is 3.88. The molecule has 2 amide bonds. The Labute approximate surface area is 172 Å². The summed E-state index contributed by atoms with van der Waals surface area (Å²) in [5.41, 5.74) is 3.18. The molecule has 1 heterocycles. The van der Waals surface area contributed by atoms with Crippen molar-refractivity contribution in [3.63, 3.8) is 0 Å². The average molecular weight is 393 g/mol. The number of amides is 2. The minimum absolute atomic E-state index is 0.0354. The molecule has 0 radical (unpaired) electrons. The topological polar surface area (TPSA) is 66.3 Å². The molecule has 7 nitrogen and oxygen atoms in total. The monoisotopic (exact) mass is 392 g/mol. The lowest BCUT2D eigenvalue weighted by molar-refractivity contribution is 0.194. The van der Waals surface area contributed by atoms with E-state index in [0.717, 1.165) is 24.2 Å². The number of anilines is 1. The normalized spacial score (nSPS) is 11.7. The zero-order valence-electron chi connectivity index (χ0n) is 17.2. The number of urea groups is 1. The van der Waals surface area contributed by atoms with Gasteiger partial charge in [-0.1, -0.05) is 30.3 Å². The van der Waals surface area contributed by atoms with Crippen LogP contribution in [0.3, 0.4) is 0 Å². The van der Waals surface area contributed by atoms with Gasteiger partial charge in [0.05, 0.1) is 11.7 Å². The van der Waals surface area contributed by atoms with Crippen LogP contribution in [0, 0.1) is 0 Å². The second-order valence-electron chi connectivity index (χ2n) is 7.06. The van der Waals surface area contributed by atoms with E-state index in [2.05, 4.69) is 39.5 Å². The van der Waals surface area contributed by atoms with Gasteiger partial charge >= 0.3 is 6.03 Å². The third-order valence-electron chi connectivity index (χ3n) is 5.10. The Kier molecular flexibility index (Phi) is 6.84. The molecule has 0 aliphatic heterocycles. The quantitative estimate of drug-likeness (QED) is 0.596. The van der Waals surface area contributed by atoms with Crippen molar-refractivity contribution in [3.05, 3.63) is 72.8 Å². The van der Waals surface area contributed by atoms with Crippen LogP contribution in [-0.4, -0.2) is 52.9 Å². The third-order valence-corrected chi connectivity index (χ3v) is 5.10. The van der Waals surface area contributed by atoms with E-state index in [4.69, 9.17) is 0 Å². The van der Waals surface area contributed by atoms with E-state index < -0.39 is 0 Å². The Balaban J connectivity index is 1.45. The second-order valence-corrected chi connectivity index (χ2v) is 7.06. The molecule has 2 aromatic carbocycles. The first-order valence-electron chi connectivity index (χ1n) is 9.78. The Bertz CT molecular complexity index is 879. The van der Waals surface area contributed by atoms with E-state index >= 15 is 0 Å². The number of hydrogen-bond donors (Lipinski definition) is 1. The summed E-state index contributed by atoms with van der Waals surface area (Å²) in [4.78, 5) is 20.4. The van der Waals surface area contributed by atoms with Crippen LogP contribution in [0.4, 0.5) is 10.5 Å². The summed E-state index contributed by atoms with van der Waals surface area (Å²) in [6, 6.07) is 18.1. The van der Waals surface area contributed by atoms with E-state index in [-0.39, 0.29) is 12.1 Å². The van der Waals surface area contributed by atoms with Crippen molar-refractivity contribution in [3.8, 4) is 5.69 Å². The molecule has 29 heavy (non-hydrogen) atoms. The van der Waals surface area contributed by atoms with E-state index in [1.54, 1.807) is 15.9 Å². The average Bonchev–Trinajstić information content (AvgIpc) is 3.31. The van der Waals surface area contributed by atoms with Gasteiger partial charge in [0.25, 0.3) is 0 Å². The van der Waals surface area contributed by atoms with Crippen LogP contribution >= 0.6 is 0 Å². The van der Waals surface area contributed by atoms with E-state index in [0.29, 0.717) is 6.54 Å². The predicted octanol–water partition coefficient (Wildman–Crippen LogP) is 3.50. The molecular formula is C22H28N6O. The molecule has 0 aliphatic rings. The summed E-state index contributed by atoms with van der Waals surface area (Å²) < 4.78 is 1.71. The van der Waals surface area contributed by atoms with Gasteiger partial charge in [0.15, 0.2) is 0 Å². The van der Waals surface area contributed by atoms with Crippen LogP contribution in [0.25, 0.3) is 5.69 Å². The molecule has 0 fully saturated rings. The molecule has 1 aromatic heterocycles. The lowest BCUT2D eigenvalue weighted by Gasteiger charge is -2.26. The van der Waals surface area contributed by atoms with Crippen molar-refractivity contribution >= 4 is 11.7 Å². The zero-order valence-corrected chi connectivity index (χ0v) is 17.2. The highest BCUT2D eigenvalue weighted by molar-refractivity contribution is 5.74. The number of hydrogen-bond acceptors (Lipinski definition) is 4. The Hall–Kier alpha value is -3.35. The molecule has 0 saturated heterocycles. The second kappa shape index (κ2) is 9.73. The minimum Gasteiger partial charge on any atom is -0.375 e. The molecule has 0 saturated carbocycles. The van der Waals surface area contributed by atoms with E-state index in [1.807, 2.05) is 56.4 Å². The first-order chi connectivity index (χ1) is 14.1. The fourth-order valence-electron chi connectivity index (χ4n) is 3.09. The lowest BCUT2D eigenvalue weighted by atomic mass is 10.1. The number of para-hydroxylation sites is 1. The summed E-state index contributed by atoms with van der Waals surface area (Å²) in [5, 5.41) is 7.14. The van der Waals surface area contributed by atoms with Gasteiger partial charge in [0.1, 0.15) is 12.7 Å². The molecule has 7 heteroatoms. The summed E-state index contributed by atoms with van der Waals surface area (Å²) in [6.45, 7) is 3.54. The van der Waals surface area contributed by atoms with Gasteiger partial charge in [-0.15, -0.1) is 0 Å². The maximum absolute atomic E-state index is 12.5.